The summed E-state index contributed by atoms with van der Waals surface area (Å²) in [5, 5.41) is 7.78. The maximum atomic E-state index is 13.2. The number of nitrogen functional groups attached to an aromatic ring is 1. The highest BCUT2D eigenvalue weighted by Crippen LogP contribution is 2.43. The van der Waals surface area contributed by atoms with Crippen molar-refractivity contribution in [2.75, 3.05) is 45.5 Å². The van der Waals surface area contributed by atoms with Crippen LogP contribution < -0.4 is 11.1 Å². The van der Waals surface area contributed by atoms with Crippen LogP contribution >= 0.6 is 23.1 Å². The van der Waals surface area contributed by atoms with E-state index in [2.05, 4.69) is 15.5 Å². The van der Waals surface area contributed by atoms with Gasteiger partial charge in [-0.15, -0.1) is 23.1 Å². The van der Waals surface area contributed by atoms with Crippen molar-refractivity contribution < 1.29 is 43.0 Å². The molecule has 2 fully saturated rings. The van der Waals surface area contributed by atoms with Crippen LogP contribution in [0.2, 0.25) is 0 Å². The Morgan fingerprint density at radius 3 is 2.64 bits per heavy atom. The second-order valence-electron chi connectivity index (χ2n) is 9.40. The Kier molecular flexibility index (Phi) is 10.4. The van der Waals surface area contributed by atoms with Crippen LogP contribution in [0.1, 0.15) is 32.9 Å². The molecule has 1 aromatic rings. The Labute approximate surface area is 233 Å². The van der Waals surface area contributed by atoms with Gasteiger partial charge in [0.05, 0.1) is 13.2 Å². The first kappa shape index (κ1) is 30.4. The normalized spacial score (nSPS) is 23.4. The molecule has 0 bridgehead atoms. The summed E-state index contributed by atoms with van der Waals surface area (Å²) < 4.78 is 20.7. The van der Waals surface area contributed by atoms with E-state index < -0.39 is 41.2 Å². The van der Waals surface area contributed by atoms with Crippen LogP contribution in [0.4, 0.5) is 9.93 Å². The average Bonchev–Trinajstić information content (AvgIpc) is 3.31. The van der Waals surface area contributed by atoms with Crippen molar-refractivity contribution in [2.45, 2.75) is 44.9 Å². The lowest BCUT2D eigenvalue weighted by Crippen LogP contribution is -2.74. The highest BCUT2D eigenvalue weighted by Gasteiger charge is 2.58. The van der Waals surface area contributed by atoms with Gasteiger partial charge in [-0.25, -0.2) is 9.78 Å². The van der Waals surface area contributed by atoms with Crippen molar-refractivity contribution in [3.63, 3.8) is 0 Å². The summed E-state index contributed by atoms with van der Waals surface area (Å²) in [5.74, 6) is -1.15. The van der Waals surface area contributed by atoms with Gasteiger partial charge in [0.1, 0.15) is 29.6 Å². The monoisotopic (exact) mass is 587 g/mol. The van der Waals surface area contributed by atoms with Crippen molar-refractivity contribution in [3.05, 3.63) is 11.1 Å². The standard InChI is InChI=1S/C23H33N5O9S2/c1-12(2)6-7-35-22(32)37-13(3)36-20(31)23(10-33-4)9-28-18(30)16(19(28)39-11-23)26-17(29)15(27-34-5)14-8-38-21(24)25-14/h8,12-13,16,19H,6-7,9-11H2,1-5H3,(H2,24,25)(H,26,29)/t13?,16?,19-,23?/m1/s1. The van der Waals surface area contributed by atoms with Crippen LogP contribution in [0.3, 0.4) is 0 Å². The van der Waals surface area contributed by atoms with Crippen molar-refractivity contribution >= 4 is 57.9 Å². The van der Waals surface area contributed by atoms with Gasteiger partial charge in [-0.2, -0.15) is 0 Å². The maximum absolute atomic E-state index is 13.2. The molecule has 39 heavy (non-hydrogen) atoms. The highest BCUT2D eigenvalue weighted by molar-refractivity contribution is 8.00. The smallest absolute Gasteiger partial charge is 0.434 e. The number of nitrogens with two attached hydrogens (primary N) is 1. The number of esters is 1. The van der Waals surface area contributed by atoms with Gasteiger partial charge in [-0.05, 0) is 12.3 Å². The third kappa shape index (κ3) is 7.30. The molecule has 16 heteroatoms. The van der Waals surface area contributed by atoms with E-state index in [1.54, 1.807) is 5.38 Å². The van der Waals surface area contributed by atoms with E-state index in [9.17, 15) is 19.2 Å². The maximum Gasteiger partial charge on any atom is 0.511 e. The van der Waals surface area contributed by atoms with Crippen LogP contribution in [0, 0.1) is 11.3 Å². The molecule has 0 spiro atoms. The number of methoxy groups -OCH3 is 1. The van der Waals surface area contributed by atoms with Crippen molar-refractivity contribution in [1.82, 2.24) is 15.2 Å². The molecular weight excluding hydrogens is 554 g/mol. The fourth-order valence-corrected chi connectivity index (χ4v) is 5.99. The summed E-state index contributed by atoms with van der Waals surface area (Å²) in [5.41, 5.74) is 4.55. The molecule has 1 aromatic heterocycles. The molecule has 3 N–H and O–H groups in total. The minimum absolute atomic E-state index is 0.00423. The molecule has 3 rings (SSSR count). The number of ether oxygens (including phenoxy) is 4. The summed E-state index contributed by atoms with van der Waals surface area (Å²) in [6.45, 7) is 5.53. The van der Waals surface area contributed by atoms with Gasteiger partial charge in [0, 0.05) is 31.7 Å². The SMILES string of the molecule is COCC1(C(=O)OC(C)OC(=O)OCCC(C)C)CS[C@@H]2C(NC(=O)C(=NOC)c3csc(N)n3)C(=O)N2C1. The first-order chi connectivity index (χ1) is 18.5. The summed E-state index contributed by atoms with van der Waals surface area (Å²) in [4.78, 5) is 61.2. The lowest BCUT2D eigenvalue weighted by Gasteiger charge is -2.53. The molecule has 0 saturated carbocycles. The zero-order valence-corrected chi connectivity index (χ0v) is 24.0. The van der Waals surface area contributed by atoms with E-state index in [0.717, 1.165) is 11.3 Å². The van der Waals surface area contributed by atoms with Gasteiger partial charge >= 0.3 is 12.1 Å². The van der Waals surface area contributed by atoms with Gasteiger partial charge in [0.2, 0.25) is 12.2 Å². The topological polar surface area (TPSA) is 181 Å². The van der Waals surface area contributed by atoms with Gasteiger partial charge < -0.3 is 39.7 Å². The summed E-state index contributed by atoms with van der Waals surface area (Å²) in [6.07, 6.45) is -1.48. The number of carbonyl (C=O) groups excluding carboxylic acids is 4. The molecule has 14 nitrogen and oxygen atoms in total. The molecule has 0 aliphatic carbocycles. The molecule has 0 radical (unpaired) electrons. The van der Waals surface area contributed by atoms with E-state index in [4.69, 9.17) is 29.5 Å². The lowest BCUT2D eigenvalue weighted by atomic mass is 9.88. The predicted octanol–water partition coefficient (Wildman–Crippen LogP) is 1.20. The molecule has 3 heterocycles. The Morgan fingerprint density at radius 2 is 2.03 bits per heavy atom. The fourth-order valence-electron chi connectivity index (χ4n) is 3.92. The second-order valence-corrected chi connectivity index (χ2v) is 11.4. The number of thioether (sulfide) groups is 1. The van der Waals surface area contributed by atoms with E-state index in [1.165, 1.54) is 37.8 Å². The lowest BCUT2D eigenvalue weighted by molar-refractivity contribution is -0.185. The summed E-state index contributed by atoms with van der Waals surface area (Å²) in [7, 11) is 2.72. The zero-order chi connectivity index (χ0) is 28.7. The zero-order valence-electron chi connectivity index (χ0n) is 22.3. The molecule has 0 aromatic carbocycles. The molecule has 2 amide bonds. The largest absolute Gasteiger partial charge is 0.511 e. The third-order valence-corrected chi connectivity index (χ3v) is 8.16. The molecule has 2 saturated heterocycles. The Morgan fingerprint density at radius 1 is 1.28 bits per heavy atom. The fraction of sp³-hybridized carbons (Fsp3) is 0.652. The van der Waals surface area contributed by atoms with Crippen LogP contribution in [-0.4, -0.2) is 97.0 Å². The van der Waals surface area contributed by atoms with E-state index in [0.29, 0.717) is 12.3 Å². The number of anilines is 1. The quantitative estimate of drug-likeness (QED) is 0.117. The number of carbonyl (C=O) groups is 4. The average molecular weight is 588 g/mol. The molecule has 4 atom stereocenters. The molecule has 3 unspecified atom stereocenters. The minimum atomic E-state index is -1.21. The Hall–Kier alpha value is -3.11. The number of aromatic nitrogens is 1. The number of nitrogens with one attached hydrogen (secondary N) is 1. The second kappa shape index (κ2) is 13.3. The summed E-state index contributed by atoms with van der Waals surface area (Å²) >= 11 is 2.43. The van der Waals surface area contributed by atoms with E-state index in [1.807, 2.05) is 13.8 Å². The molecule has 2 aliphatic heterocycles. The van der Waals surface area contributed by atoms with Crippen molar-refractivity contribution in [1.29, 1.82) is 0 Å². The Bertz CT molecular complexity index is 1100. The molecule has 2 aliphatic rings. The van der Waals surface area contributed by atoms with Gasteiger partial charge in [0.15, 0.2) is 10.8 Å². The minimum Gasteiger partial charge on any atom is -0.434 e. The number of rotatable bonds is 12. The third-order valence-electron chi connectivity index (χ3n) is 5.90. The highest BCUT2D eigenvalue weighted by atomic mass is 32.2. The van der Waals surface area contributed by atoms with Crippen LogP contribution in [0.5, 0.6) is 0 Å². The number of β-lactam (4-membered cyclic amide) rings is 1. The van der Waals surface area contributed by atoms with Crippen molar-refractivity contribution in [3.8, 4) is 0 Å². The van der Waals surface area contributed by atoms with Gasteiger partial charge in [-0.3, -0.25) is 14.4 Å². The number of hydrogen-bond donors (Lipinski definition) is 2. The number of oxime groups is 1. The summed E-state index contributed by atoms with van der Waals surface area (Å²) in [6, 6.07) is -0.847. The predicted molar refractivity (Wildman–Crippen MR) is 142 cm³/mol. The van der Waals surface area contributed by atoms with Crippen LogP contribution in [0.15, 0.2) is 10.5 Å². The number of fused-ring (bicyclic) bond motifs is 1. The van der Waals surface area contributed by atoms with Gasteiger partial charge in [0.25, 0.3) is 5.91 Å². The Balaban J connectivity index is 1.60. The number of thiazole rings is 1. The number of hydrogen-bond acceptors (Lipinski definition) is 14. The first-order valence-corrected chi connectivity index (χ1v) is 14.0. The molecule has 216 valence electrons. The first-order valence-electron chi connectivity index (χ1n) is 12.1. The van der Waals surface area contributed by atoms with E-state index in [-0.39, 0.29) is 48.0 Å². The van der Waals surface area contributed by atoms with Crippen molar-refractivity contribution in [2.24, 2.45) is 16.5 Å². The van der Waals surface area contributed by atoms with Crippen LogP contribution in [0.25, 0.3) is 0 Å². The number of nitrogens with zero attached hydrogens (tertiary/aromatic N) is 3. The number of amides is 2. The van der Waals surface area contributed by atoms with Crippen LogP contribution in [-0.2, 0) is 38.2 Å². The molecular formula is C23H33N5O9S2. The van der Waals surface area contributed by atoms with E-state index >= 15 is 0 Å². The van der Waals surface area contributed by atoms with Gasteiger partial charge in [-0.1, -0.05) is 19.0 Å².